The molecule has 0 radical (unpaired) electrons. The first-order valence-corrected chi connectivity index (χ1v) is 5.81. The molecule has 1 unspecified atom stereocenters. The third kappa shape index (κ3) is 2.85. The van der Waals surface area contributed by atoms with E-state index in [0.29, 0.717) is 17.1 Å². The second kappa shape index (κ2) is 5.71. The monoisotopic (exact) mass is 262 g/mol. The lowest BCUT2D eigenvalue weighted by molar-refractivity contribution is 0.214. The van der Waals surface area contributed by atoms with Gasteiger partial charge in [0.1, 0.15) is 23.4 Å². The average Bonchev–Trinajstić information content (AvgIpc) is 2.46. The SMILES string of the molecule is COc1ccc(C(O)c2ccc(OC)cc2F)cc1. The van der Waals surface area contributed by atoms with Crippen molar-refractivity contribution in [1.29, 1.82) is 0 Å². The van der Waals surface area contributed by atoms with Gasteiger partial charge in [-0.1, -0.05) is 12.1 Å². The third-order valence-corrected chi connectivity index (χ3v) is 2.93. The molecule has 2 rings (SSSR count). The summed E-state index contributed by atoms with van der Waals surface area (Å²) in [5.74, 6) is 0.608. The molecular weight excluding hydrogens is 247 g/mol. The summed E-state index contributed by atoms with van der Waals surface area (Å²) in [6.45, 7) is 0. The summed E-state index contributed by atoms with van der Waals surface area (Å²) in [6, 6.07) is 11.2. The van der Waals surface area contributed by atoms with Crippen LogP contribution >= 0.6 is 0 Å². The Kier molecular flexibility index (Phi) is 4.02. The minimum atomic E-state index is -1.02. The van der Waals surface area contributed by atoms with E-state index in [1.54, 1.807) is 37.4 Å². The minimum Gasteiger partial charge on any atom is -0.497 e. The van der Waals surface area contributed by atoms with Crippen molar-refractivity contribution < 1.29 is 19.0 Å². The maximum atomic E-state index is 13.9. The summed E-state index contributed by atoms with van der Waals surface area (Å²) in [5.41, 5.74) is 0.816. The number of hydrogen-bond acceptors (Lipinski definition) is 3. The lowest BCUT2D eigenvalue weighted by atomic mass is 10.0. The Hall–Kier alpha value is -2.07. The molecule has 3 nitrogen and oxygen atoms in total. The van der Waals surface area contributed by atoms with Crippen LogP contribution in [-0.2, 0) is 0 Å². The number of ether oxygens (including phenoxy) is 2. The van der Waals surface area contributed by atoms with Gasteiger partial charge in [-0.05, 0) is 29.8 Å². The fourth-order valence-corrected chi connectivity index (χ4v) is 1.82. The predicted molar refractivity (Wildman–Crippen MR) is 70.0 cm³/mol. The van der Waals surface area contributed by atoms with E-state index in [1.807, 2.05) is 0 Å². The quantitative estimate of drug-likeness (QED) is 0.920. The van der Waals surface area contributed by atoms with Gasteiger partial charge in [-0.3, -0.25) is 0 Å². The Balaban J connectivity index is 2.29. The van der Waals surface area contributed by atoms with Gasteiger partial charge < -0.3 is 14.6 Å². The van der Waals surface area contributed by atoms with E-state index in [0.717, 1.165) is 0 Å². The van der Waals surface area contributed by atoms with E-state index in [1.165, 1.54) is 19.2 Å². The third-order valence-electron chi connectivity index (χ3n) is 2.93. The Morgan fingerprint density at radius 3 is 2.05 bits per heavy atom. The highest BCUT2D eigenvalue weighted by Gasteiger charge is 2.15. The van der Waals surface area contributed by atoms with Crippen LogP contribution in [0.3, 0.4) is 0 Å². The van der Waals surface area contributed by atoms with Gasteiger partial charge >= 0.3 is 0 Å². The molecule has 0 spiro atoms. The number of benzene rings is 2. The number of methoxy groups -OCH3 is 2. The molecule has 0 saturated heterocycles. The molecule has 0 aliphatic heterocycles. The fourth-order valence-electron chi connectivity index (χ4n) is 1.82. The van der Waals surface area contributed by atoms with Crippen molar-refractivity contribution in [2.75, 3.05) is 14.2 Å². The van der Waals surface area contributed by atoms with Crippen LogP contribution in [0.25, 0.3) is 0 Å². The molecule has 0 bridgehead atoms. The zero-order valence-electron chi connectivity index (χ0n) is 10.8. The van der Waals surface area contributed by atoms with E-state index in [-0.39, 0.29) is 5.56 Å². The van der Waals surface area contributed by atoms with Gasteiger partial charge in [0.15, 0.2) is 0 Å². The average molecular weight is 262 g/mol. The number of hydrogen-bond donors (Lipinski definition) is 1. The van der Waals surface area contributed by atoms with Crippen molar-refractivity contribution in [3.63, 3.8) is 0 Å². The van der Waals surface area contributed by atoms with Crippen molar-refractivity contribution in [2.24, 2.45) is 0 Å². The zero-order chi connectivity index (χ0) is 13.8. The van der Waals surface area contributed by atoms with Crippen LogP contribution in [0.5, 0.6) is 11.5 Å². The van der Waals surface area contributed by atoms with Gasteiger partial charge in [0.05, 0.1) is 14.2 Å². The van der Waals surface area contributed by atoms with Crippen LogP contribution in [0.15, 0.2) is 42.5 Å². The van der Waals surface area contributed by atoms with Crippen LogP contribution in [0.1, 0.15) is 17.2 Å². The van der Waals surface area contributed by atoms with Crippen molar-refractivity contribution in [2.45, 2.75) is 6.10 Å². The molecule has 100 valence electrons. The summed E-state index contributed by atoms with van der Waals surface area (Å²) < 4.78 is 23.8. The molecule has 2 aromatic carbocycles. The molecule has 2 aromatic rings. The molecular formula is C15H15FO3. The maximum absolute atomic E-state index is 13.9. The molecule has 0 aliphatic carbocycles. The van der Waals surface area contributed by atoms with Crippen LogP contribution in [0.2, 0.25) is 0 Å². The van der Waals surface area contributed by atoms with Gasteiger partial charge in [-0.15, -0.1) is 0 Å². The number of halogens is 1. The lowest BCUT2D eigenvalue weighted by Gasteiger charge is -2.13. The van der Waals surface area contributed by atoms with Crippen LogP contribution in [0.4, 0.5) is 4.39 Å². The molecule has 0 saturated carbocycles. The van der Waals surface area contributed by atoms with Crippen molar-refractivity contribution in [3.05, 3.63) is 59.4 Å². The summed E-state index contributed by atoms with van der Waals surface area (Å²) in [4.78, 5) is 0. The van der Waals surface area contributed by atoms with Crippen LogP contribution < -0.4 is 9.47 Å². The normalized spacial score (nSPS) is 12.0. The molecule has 4 heteroatoms. The fraction of sp³-hybridized carbons (Fsp3) is 0.200. The van der Waals surface area contributed by atoms with Gasteiger partial charge in [-0.2, -0.15) is 0 Å². The van der Waals surface area contributed by atoms with E-state index in [2.05, 4.69) is 0 Å². The molecule has 0 fully saturated rings. The smallest absolute Gasteiger partial charge is 0.133 e. The van der Waals surface area contributed by atoms with E-state index in [9.17, 15) is 9.50 Å². The molecule has 19 heavy (non-hydrogen) atoms. The van der Waals surface area contributed by atoms with E-state index < -0.39 is 11.9 Å². The Labute approximate surface area is 111 Å². The highest BCUT2D eigenvalue weighted by atomic mass is 19.1. The zero-order valence-corrected chi connectivity index (χ0v) is 10.8. The van der Waals surface area contributed by atoms with Crippen LogP contribution in [0, 0.1) is 5.82 Å². The van der Waals surface area contributed by atoms with Crippen molar-refractivity contribution in [3.8, 4) is 11.5 Å². The summed E-state index contributed by atoms with van der Waals surface area (Å²) >= 11 is 0. The Bertz CT molecular complexity index is 552. The summed E-state index contributed by atoms with van der Waals surface area (Å²) in [7, 11) is 3.03. The Morgan fingerprint density at radius 2 is 1.53 bits per heavy atom. The molecule has 0 heterocycles. The van der Waals surface area contributed by atoms with E-state index in [4.69, 9.17) is 9.47 Å². The largest absolute Gasteiger partial charge is 0.497 e. The number of aliphatic hydroxyl groups is 1. The highest BCUT2D eigenvalue weighted by Crippen LogP contribution is 2.27. The molecule has 0 aromatic heterocycles. The van der Waals surface area contributed by atoms with Crippen LogP contribution in [-0.4, -0.2) is 19.3 Å². The first-order chi connectivity index (χ1) is 9.15. The lowest BCUT2D eigenvalue weighted by Crippen LogP contribution is -2.03. The Morgan fingerprint density at radius 1 is 0.947 bits per heavy atom. The minimum absolute atomic E-state index is 0.214. The standard InChI is InChI=1S/C15H15FO3/c1-18-11-5-3-10(4-6-11)15(17)13-8-7-12(19-2)9-14(13)16/h3-9,15,17H,1-2H3. The predicted octanol–water partition coefficient (Wildman–Crippen LogP) is 2.92. The second-order valence-electron chi connectivity index (χ2n) is 4.06. The van der Waals surface area contributed by atoms with E-state index >= 15 is 0 Å². The highest BCUT2D eigenvalue weighted by molar-refractivity contribution is 5.37. The maximum Gasteiger partial charge on any atom is 0.133 e. The first-order valence-electron chi connectivity index (χ1n) is 5.81. The second-order valence-corrected chi connectivity index (χ2v) is 4.06. The van der Waals surface area contributed by atoms with Gasteiger partial charge in [0, 0.05) is 11.6 Å². The molecule has 0 aliphatic rings. The van der Waals surface area contributed by atoms with Gasteiger partial charge in [-0.25, -0.2) is 4.39 Å². The van der Waals surface area contributed by atoms with Gasteiger partial charge in [0.25, 0.3) is 0 Å². The first kappa shape index (κ1) is 13.4. The number of rotatable bonds is 4. The van der Waals surface area contributed by atoms with Crippen molar-refractivity contribution >= 4 is 0 Å². The molecule has 1 N–H and O–H groups in total. The van der Waals surface area contributed by atoms with Crippen molar-refractivity contribution in [1.82, 2.24) is 0 Å². The molecule has 0 amide bonds. The summed E-state index contributed by atoms with van der Waals surface area (Å²) in [5, 5.41) is 10.2. The van der Waals surface area contributed by atoms with Gasteiger partial charge in [0.2, 0.25) is 0 Å². The topological polar surface area (TPSA) is 38.7 Å². The number of aliphatic hydroxyl groups excluding tert-OH is 1. The summed E-state index contributed by atoms with van der Waals surface area (Å²) in [6.07, 6.45) is -1.02. The molecule has 1 atom stereocenters.